The van der Waals surface area contributed by atoms with Crippen LogP contribution in [0.5, 0.6) is 5.75 Å². The molecule has 1 amide bonds. The molecule has 3 aromatic heterocycles. The summed E-state index contributed by atoms with van der Waals surface area (Å²) in [6, 6.07) is 13.7. The van der Waals surface area contributed by atoms with Crippen molar-refractivity contribution >= 4 is 11.6 Å². The molecule has 1 aliphatic rings. The second kappa shape index (κ2) is 9.24. The zero-order valence-corrected chi connectivity index (χ0v) is 19.8. The highest BCUT2D eigenvalue weighted by Gasteiger charge is 2.24. The van der Waals surface area contributed by atoms with Crippen LogP contribution >= 0.6 is 0 Å². The van der Waals surface area contributed by atoms with Crippen LogP contribution in [0.3, 0.4) is 0 Å². The Balaban J connectivity index is 1.20. The standard InChI is InChI=1S/C25H29N7O2/c1-17-22(18(2)31(28-17)24-11-10-23-27-26-19(3)32(23)29-24)9-12-25(33)30-15-13-21(14-16-30)34-20-7-5-4-6-8-20/h4-8,10-11,21H,9,12-16H2,1-3H3. The molecule has 1 aliphatic heterocycles. The molecule has 5 rings (SSSR count). The van der Waals surface area contributed by atoms with Crippen LogP contribution in [0, 0.1) is 20.8 Å². The number of fused-ring (bicyclic) bond motifs is 1. The summed E-state index contributed by atoms with van der Waals surface area (Å²) in [6.45, 7) is 7.34. The van der Waals surface area contributed by atoms with Crippen molar-refractivity contribution in [3.63, 3.8) is 0 Å². The van der Waals surface area contributed by atoms with E-state index in [1.807, 2.05) is 72.8 Å². The van der Waals surface area contributed by atoms with Crippen molar-refractivity contribution in [1.82, 2.24) is 34.5 Å². The summed E-state index contributed by atoms with van der Waals surface area (Å²) in [6.07, 6.45) is 2.99. The highest BCUT2D eigenvalue weighted by molar-refractivity contribution is 5.76. The first-order valence-corrected chi connectivity index (χ1v) is 11.7. The van der Waals surface area contributed by atoms with Crippen molar-refractivity contribution in [2.75, 3.05) is 13.1 Å². The minimum Gasteiger partial charge on any atom is -0.490 e. The molecular formula is C25H29N7O2. The molecule has 9 heteroatoms. The third-order valence-corrected chi connectivity index (χ3v) is 6.49. The summed E-state index contributed by atoms with van der Waals surface area (Å²) in [5, 5.41) is 17.5. The van der Waals surface area contributed by atoms with Gasteiger partial charge in [-0.3, -0.25) is 4.79 Å². The van der Waals surface area contributed by atoms with Gasteiger partial charge in [0.25, 0.3) is 0 Å². The van der Waals surface area contributed by atoms with Crippen LogP contribution in [-0.2, 0) is 11.2 Å². The first kappa shape index (κ1) is 22.1. The lowest BCUT2D eigenvalue weighted by Crippen LogP contribution is -2.41. The average Bonchev–Trinajstić information content (AvgIpc) is 3.37. The number of amides is 1. The molecule has 9 nitrogen and oxygen atoms in total. The fraction of sp³-hybridized carbons (Fsp3) is 0.400. The molecule has 0 bridgehead atoms. The van der Waals surface area contributed by atoms with Crippen LogP contribution in [-0.4, -0.2) is 59.6 Å². The molecule has 1 aromatic carbocycles. The smallest absolute Gasteiger partial charge is 0.222 e. The predicted octanol–water partition coefficient (Wildman–Crippen LogP) is 3.24. The third kappa shape index (κ3) is 4.37. The monoisotopic (exact) mass is 459 g/mol. The van der Waals surface area contributed by atoms with E-state index >= 15 is 0 Å². The Bertz CT molecular complexity index is 1300. The number of rotatable bonds is 6. The van der Waals surface area contributed by atoms with Gasteiger partial charge in [0, 0.05) is 38.0 Å². The first-order valence-electron chi connectivity index (χ1n) is 11.7. The Morgan fingerprint density at radius 2 is 1.76 bits per heavy atom. The van der Waals surface area contributed by atoms with Crippen LogP contribution in [0.4, 0.5) is 0 Å². The number of ether oxygens (including phenoxy) is 1. The molecule has 0 saturated carbocycles. The van der Waals surface area contributed by atoms with Crippen molar-refractivity contribution in [3.8, 4) is 11.6 Å². The number of hydrogen-bond donors (Lipinski definition) is 0. The van der Waals surface area contributed by atoms with Gasteiger partial charge in [0.05, 0.1) is 5.69 Å². The third-order valence-electron chi connectivity index (χ3n) is 6.49. The topological polar surface area (TPSA) is 90.4 Å². The molecule has 4 heterocycles. The molecule has 34 heavy (non-hydrogen) atoms. The van der Waals surface area contributed by atoms with Gasteiger partial charge in [-0.2, -0.15) is 9.61 Å². The number of likely N-dealkylation sites (tertiary alicyclic amines) is 1. The molecule has 0 aliphatic carbocycles. The first-order chi connectivity index (χ1) is 16.5. The summed E-state index contributed by atoms with van der Waals surface area (Å²) in [4.78, 5) is 14.9. The van der Waals surface area contributed by atoms with E-state index in [-0.39, 0.29) is 12.0 Å². The summed E-state index contributed by atoms with van der Waals surface area (Å²) in [7, 11) is 0. The summed E-state index contributed by atoms with van der Waals surface area (Å²) < 4.78 is 9.60. The van der Waals surface area contributed by atoms with E-state index in [9.17, 15) is 4.79 Å². The van der Waals surface area contributed by atoms with E-state index in [2.05, 4.69) is 15.3 Å². The van der Waals surface area contributed by atoms with Crippen molar-refractivity contribution in [2.24, 2.45) is 0 Å². The van der Waals surface area contributed by atoms with Gasteiger partial charge >= 0.3 is 0 Å². The largest absolute Gasteiger partial charge is 0.490 e. The van der Waals surface area contributed by atoms with Gasteiger partial charge in [-0.1, -0.05) is 18.2 Å². The molecule has 0 spiro atoms. The number of aromatic nitrogens is 6. The molecular weight excluding hydrogens is 430 g/mol. The van der Waals surface area contributed by atoms with Gasteiger partial charge in [-0.15, -0.1) is 15.3 Å². The highest BCUT2D eigenvalue weighted by Crippen LogP contribution is 2.22. The van der Waals surface area contributed by atoms with Crippen molar-refractivity contribution in [3.05, 3.63) is 65.2 Å². The second-order valence-corrected chi connectivity index (χ2v) is 8.78. The Morgan fingerprint density at radius 1 is 1.00 bits per heavy atom. The van der Waals surface area contributed by atoms with Gasteiger partial charge in [-0.25, -0.2) is 4.68 Å². The molecule has 176 valence electrons. The van der Waals surface area contributed by atoms with Gasteiger partial charge in [0.15, 0.2) is 17.3 Å². The van der Waals surface area contributed by atoms with Crippen LogP contribution in [0.2, 0.25) is 0 Å². The fourth-order valence-corrected chi connectivity index (χ4v) is 4.56. The lowest BCUT2D eigenvalue weighted by atomic mass is 10.0. The van der Waals surface area contributed by atoms with Crippen LogP contribution in [0.15, 0.2) is 42.5 Å². The van der Waals surface area contributed by atoms with Crippen LogP contribution in [0.1, 0.15) is 42.0 Å². The normalized spacial score (nSPS) is 14.6. The quantitative estimate of drug-likeness (QED) is 0.440. The van der Waals surface area contributed by atoms with Gasteiger partial charge < -0.3 is 9.64 Å². The Morgan fingerprint density at radius 3 is 2.53 bits per heavy atom. The number of para-hydroxylation sites is 1. The lowest BCUT2D eigenvalue weighted by Gasteiger charge is -2.32. The predicted molar refractivity (Wildman–Crippen MR) is 127 cm³/mol. The zero-order valence-electron chi connectivity index (χ0n) is 19.8. The highest BCUT2D eigenvalue weighted by atomic mass is 16.5. The zero-order chi connectivity index (χ0) is 23.7. The second-order valence-electron chi connectivity index (χ2n) is 8.78. The number of carbonyl (C=O) groups is 1. The average molecular weight is 460 g/mol. The lowest BCUT2D eigenvalue weighted by molar-refractivity contribution is -0.132. The fourth-order valence-electron chi connectivity index (χ4n) is 4.56. The van der Waals surface area contributed by atoms with Crippen molar-refractivity contribution in [2.45, 2.75) is 52.6 Å². The van der Waals surface area contributed by atoms with Crippen LogP contribution in [0.25, 0.3) is 11.5 Å². The minimum atomic E-state index is 0.161. The molecule has 1 saturated heterocycles. The molecule has 0 N–H and O–H groups in total. The van der Waals surface area contributed by atoms with E-state index in [4.69, 9.17) is 9.84 Å². The Labute approximate surface area is 198 Å². The molecule has 0 atom stereocenters. The molecule has 0 radical (unpaired) electrons. The maximum Gasteiger partial charge on any atom is 0.222 e. The van der Waals surface area contributed by atoms with Gasteiger partial charge in [-0.05, 0) is 57.0 Å². The molecule has 1 fully saturated rings. The maximum absolute atomic E-state index is 12.9. The van der Waals surface area contributed by atoms with E-state index in [1.165, 1.54) is 0 Å². The van der Waals surface area contributed by atoms with E-state index in [0.717, 1.165) is 54.5 Å². The van der Waals surface area contributed by atoms with E-state index in [0.29, 0.717) is 24.3 Å². The summed E-state index contributed by atoms with van der Waals surface area (Å²) >= 11 is 0. The van der Waals surface area contributed by atoms with Crippen molar-refractivity contribution in [1.29, 1.82) is 0 Å². The van der Waals surface area contributed by atoms with Crippen molar-refractivity contribution < 1.29 is 9.53 Å². The van der Waals surface area contributed by atoms with Gasteiger partial charge in [0.2, 0.25) is 5.91 Å². The minimum absolute atomic E-state index is 0.161. The van der Waals surface area contributed by atoms with Crippen LogP contribution < -0.4 is 4.74 Å². The number of aryl methyl sites for hydroxylation is 2. The number of benzene rings is 1. The maximum atomic E-state index is 12.9. The summed E-state index contributed by atoms with van der Waals surface area (Å²) in [5.74, 6) is 2.50. The Hall–Kier alpha value is -3.75. The number of piperidine rings is 1. The molecule has 4 aromatic rings. The van der Waals surface area contributed by atoms with E-state index < -0.39 is 0 Å². The van der Waals surface area contributed by atoms with E-state index in [1.54, 1.807) is 4.52 Å². The molecule has 0 unspecified atom stereocenters. The number of nitrogens with zero attached hydrogens (tertiary/aromatic N) is 7. The number of hydrogen-bond acceptors (Lipinski definition) is 6. The Kier molecular flexibility index (Phi) is 6.00. The number of carbonyl (C=O) groups excluding carboxylic acids is 1. The SMILES string of the molecule is Cc1nn(-c2ccc3nnc(C)n3n2)c(C)c1CCC(=O)N1CCC(Oc2ccccc2)CC1. The summed E-state index contributed by atoms with van der Waals surface area (Å²) in [5.41, 5.74) is 3.71. The van der Waals surface area contributed by atoms with Gasteiger partial charge in [0.1, 0.15) is 11.9 Å².